The standard InChI is InChI=1S/C20H25N3O3/c1-25-13-12-22-11-8-21-19(22)15-6-9-23(10-7-15)20(24)18-14-16-4-2-3-5-17(16)26-18/h2-5,8,11,15,18H,6-7,9-10,12-14H2,1H3/t18-/m1/s1. The molecule has 2 aromatic rings. The van der Waals surface area contributed by atoms with Gasteiger partial charge in [-0.1, -0.05) is 18.2 Å². The maximum absolute atomic E-state index is 12.8. The van der Waals surface area contributed by atoms with Gasteiger partial charge in [-0.2, -0.15) is 0 Å². The molecular weight excluding hydrogens is 330 g/mol. The molecule has 0 spiro atoms. The summed E-state index contributed by atoms with van der Waals surface area (Å²) in [4.78, 5) is 19.3. The molecule has 6 nitrogen and oxygen atoms in total. The lowest BCUT2D eigenvalue weighted by Crippen LogP contribution is -2.45. The van der Waals surface area contributed by atoms with E-state index in [4.69, 9.17) is 9.47 Å². The van der Waals surface area contributed by atoms with Crippen LogP contribution in [0.25, 0.3) is 0 Å². The molecule has 3 heterocycles. The second kappa shape index (κ2) is 7.50. The first-order chi connectivity index (χ1) is 12.8. The summed E-state index contributed by atoms with van der Waals surface area (Å²) in [5.74, 6) is 2.47. The molecule has 0 unspecified atom stereocenters. The lowest BCUT2D eigenvalue weighted by Gasteiger charge is -2.33. The fourth-order valence-corrected chi connectivity index (χ4v) is 3.94. The molecule has 138 valence electrons. The van der Waals surface area contributed by atoms with Crippen molar-refractivity contribution in [3.63, 3.8) is 0 Å². The summed E-state index contributed by atoms with van der Waals surface area (Å²) in [7, 11) is 1.71. The number of imidazole rings is 1. The van der Waals surface area contributed by atoms with E-state index in [2.05, 4.69) is 9.55 Å². The summed E-state index contributed by atoms with van der Waals surface area (Å²) in [6, 6.07) is 7.92. The number of fused-ring (bicyclic) bond motifs is 1. The van der Waals surface area contributed by atoms with Gasteiger partial charge in [0.15, 0.2) is 6.10 Å². The zero-order valence-corrected chi connectivity index (χ0v) is 15.1. The summed E-state index contributed by atoms with van der Waals surface area (Å²) in [6.07, 6.45) is 6.05. The van der Waals surface area contributed by atoms with E-state index in [-0.39, 0.29) is 12.0 Å². The van der Waals surface area contributed by atoms with Gasteiger partial charge in [0.2, 0.25) is 0 Å². The van der Waals surface area contributed by atoms with Gasteiger partial charge in [0.1, 0.15) is 11.6 Å². The number of ether oxygens (including phenoxy) is 2. The molecule has 0 N–H and O–H groups in total. The van der Waals surface area contributed by atoms with Gasteiger partial charge in [-0.25, -0.2) is 4.98 Å². The fraction of sp³-hybridized carbons (Fsp3) is 0.500. The molecule has 1 aromatic heterocycles. The zero-order valence-electron chi connectivity index (χ0n) is 15.1. The lowest BCUT2D eigenvalue weighted by molar-refractivity contribution is -0.139. The van der Waals surface area contributed by atoms with Gasteiger partial charge in [-0.05, 0) is 24.5 Å². The van der Waals surface area contributed by atoms with E-state index in [1.165, 1.54) is 0 Å². The summed E-state index contributed by atoms with van der Waals surface area (Å²) < 4.78 is 13.2. The molecule has 1 saturated heterocycles. The number of hydrogen-bond acceptors (Lipinski definition) is 4. The quantitative estimate of drug-likeness (QED) is 0.825. The van der Waals surface area contributed by atoms with E-state index in [1.54, 1.807) is 7.11 Å². The van der Waals surface area contributed by atoms with Crippen molar-refractivity contribution >= 4 is 5.91 Å². The SMILES string of the molecule is COCCn1ccnc1C1CCN(C(=O)[C@H]2Cc3ccccc3O2)CC1. The van der Waals surface area contributed by atoms with Crippen molar-refractivity contribution in [3.05, 3.63) is 48.0 Å². The van der Waals surface area contributed by atoms with Crippen LogP contribution in [0.1, 0.15) is 30.1 Å². The molecule has 0 aliphatic carbocycles. The van der Waals surface area contributed by atoms with Crippen molar-refractivity contribution in [3.8, 4) is 5.75 Å². The largest absolute Gasteiger partial charge is 0.480 e. The maximum atomic E-state index is 12.8. The molecule has 1 atom stereocenters. The van der Waals surface area contributed by atoms with Gasteiger partial charge in [0.05, 0.1) is 6.61 Å². The van der Waals surface area contributed by atoms with Gasteiger partial charge >= 0.3 is 0 Å². The van der Waals surface area contributed by atoms with Crippen molar-refractivity contribution in [1.82, 2.24) is 14.5 Å². The van der Waals surface area contributed by atoms with Crippen molar-refractivity contribution in [1.29, 1.82) is 0 Å². The molecule has 1 fully saturated rings. The first-order valence-corrected chi connectivity index (χ1v) is 9.29. The zero-order chi connectivity index (χ0) is 17.9. The van der Waals surface area contributed by atoms with Crippen molar-refractivity contribution in [2.24, 2.45) is 0 Å². The topological polar surface area (TPSA) is 56.6 Å². The molecule has 2 aliphatic heterocycles. The monoisotopic (exact) mass is 355 g/mol. The summed E-state index contributed by atoms with van der Waals surface area (Å²) >= 11 is 0. The molecule has 1 amide bonds. The Morgan fingerprint density at radius 2 is 2.12 bits per heavy atom. The summed E-state index contributed by atoms with van der Waals surface area (Å²) in [5, 5.41) is 0. The minimum Gasteiger partial charge on any atom is -0.480 e. The minimum atomic E-state index is -0.368. The summed E-state index contributed by atoms with van der Waals surface area (Å²) in [6.45, 7) is 3.02. The van der Waals surface area contributed by atoms with E-state index in [0.717, 1.165) is 49.6 Å². The molecule has 2 aliphatic rings. The van der Waals surface area contributed by atoms with E-state index >= 15 is 0 Å². The number of para-hydroxylation sites is 1. The van der Waals surface area contributed by atoms with Crippen LogP contribution in [0.5, 0.6) is 5.75 Å². The van der Waals surface area contributed by atoms with Crippen LogP contribution >= 0.6 is 0 Å². The highest BCUT2D eigenvalue weighted by molar-refractivity contribution is 5.82. The molecule has 26 heavy (non-hydrogen) atoms. The maximum Gasteiger partial charge on any atom is 0.263 e. The van der Waals surface area contributed by atoms with Crippen LogP contribution in [0.15, 0.2) is 36.7 Å². The number of benzene rings is 1. The van der Waals surface area contributed by atoms with Crippen LogP contribution in [-0.2, 0) is 22.5 Å². The Labute approximate surface area is 153 Å². The Morgan fingerprint density at radius 1 is 1.31 bits per heavy atom. The molecule has 1 aromatic carbocycles. The number of aromatic nitrogens is 2. The van der Waals surface area contributed by atoms with Crippen molar-refractivity contribution in [2.45, 2.75) is 37.8 Å². The molecule has 0 bridgehead atoms. The third-order valence-corrected chi connectivity index (χ3v) is 5.38. The third-order valence-electron chi connectivity index (χ3n) is 5.38. The number of methoxy groups -OCH3 is 1. The molecule has 0 radical (unpaired) electrons. The average Bonchev–Trinajstić information content (AvgIpc) is 3.32. The Bertz CT molecular complexity index is 740. The van der Waals surface area contributed by atoms with Crippen molar-refractivity contribution in [2.75, 3.05) is 26.8 Å². The second-order valence-corrected chi connectivity index (χ2v) is 6.99. The molecule has 4 rings (SSSR count). The van der Waals surface area contributed by atoms with E-state index in [9.17, 15) is 4.79 Å². The van der Waals surface area contributed by atoms with E-state index in [0.29, 0.717) is 18.9 Å². The predicted octanol–water partition coefficient (Wildman–Crippen LogP) is 2.24. The Morgan fingerprint density at radius 3 is 2.88 bits per heavy atom. The van der Waals surface area contributed by atoms with Gasteiger partial charge < -0.3 is 18.9 Å². The number of nitrogens with zero attached hydrogens (tertiary/aromatic N) is 3. The molecule has 0 saturated carbocycles. The third kappa shape index (κ3) is 3.33. The Hall–Kier alpha value is -2.34. The minimum absolute atomic E-state index is 0.113. The number of carbonyl (C=O) groups excluding carboxylic acids is 1. The van der Waals surface area contributed by atoms with Crippen LogP contribution in [-0.4, -0.2) is 53.3 Å². The number of amides is 1. The molecular formula is C20H25N3O3. The number of hydrogen-bond donors (Lipinski definition) is 0. The van der Waals surface area contributed by atoms with Crippen LogP contribution in [0, 0.1) is 0 Å². The number of rotatable bonds is 5. The molecule has 6 heteroatoms. The van der Waals surface area contributed by atoms with Gasteiger partial charge in [0, 0.05) is 51.5 Å². The van der Waals surface area contributed by atoms with Crippen molar-refractivity contribution < 1.29 is 14.3 Å². The van der Waals surface area contributed by atoms with Gasteiger partial charge in [-0.15, -0.1) is 0 Å². The van der Waals surface area contributed by atoms with Crippen LogP contribution in [0.4, 0.5) is 0 Å². The van der Waals surface area contributed by atoms with Crippen LogP contribution < -0.4 is 4.74 Å². The predicted molar refractivity (Wildman–Crippen MR) is 97.2 cm³/mol. The Kier molecular flexibility index (Phi) is 4.93. The fourth-order valence-electron chi connectivity index (χ4n) is 3.94. The van der Waals surface area contributed by atoms with E-state index in [1.807, 2.05) is 41.6 Å². The smallest absolute Gasteiger partial charge is 0.263 e. The van der Waals surface area contributed by atoms with Crippen LogP contribution in [0.3, 0.4) is 0 Å². The lowest BCUT2D eigenvalue weighted by atomic mass is 9.95. The van der Waals surface area contributed by atoms with Crippen LogP contribution in [0.2, 0.25) is 0 Å². The first-order valence-electron chi connectivity index (χ1n) is 9.29. The number of piperidine rings is 1. The number of carbonyl (C=O) groups is 1. The Balaban J connectivity index is 1.34. The highest BCUT2D eigenvalue weighted by atomic mass is 16.5. The second-order valence-electron chi connectivity index (χ2n) is 6.99. The highest BCUT2D eigenvalue weighted by Crippen LogP contribution is 2.31. The first kappa shape index (κ1) is 17.1. The summed E-state index contributed by atoms with van der Waals surface area (Å²) in [5.41, 5.74) is 1.13. The number of likely N-dealkylation sites (tertiary alicyclic amines) is 1. The highest BCUT2D eigenvalue weighted by Gasteiger charge is 2.34. The average molecular weight is 355 g/mol. The van der Waals surface area contributed by atoms with Gasteiger partial charge in [-0.3, -0.25) is 4.79 Å². The van der Waals surface area contributed by atoms with Gasteiger partial charge in [0.25, 0.3) is 5.91 Å². The normalized spacial score (nSPS) is 20.0. The van der Waals surface area contributed by atoms with E-state index < -0.39 is 0 Å².